The molecule has 1 aliphatic heterocycles. The molecule has 0 unspecified atom stereocenters. The minimum Gasteiger partial charge on any atom is -0.339 e. The van der Waals surface area contributed by atoms with E-state index in [2.05, 4.69) is 5.32 Å². The van der Waals surface area contributed by atoms with E-state index in [0.717, 1.165) is 38.1 Å². The van der Waals surface area contributed by atoms with Gasteiger partial charge in [-0.05, 0) is 44.0 Å². The number of piperidine rings is 1. The Morgan fingerprint density at radius 3 is 2.33 bits per heavy atom. The summed E-state index contributed by atoms with van der Waals surface area (Å²) in [6, 6.07) is 1.51. The van der Waals surface area contributed by atoms with Crippen molar-refractivity contribution in [3.05, 3.63) is 35.1 Å². The van der Waals surface area contributed by atoms with Crippen molar-refractivity contribution in [3.8, 4) is 0 Å². The van der Waals surface area contributed by atoms with Gasteiger partial charge in [0.2, 0.25) is 0 Å². The number of likely N-dealkylation sites (tertiary alicyclic amines) is 1. The van der Waals surface area contributed by atoms with E-state index in [-0.39, 0.29) is 5.56 Å². The quantitative estimate of drug-likeness (QED) is 0.867. The Morgan fingerprint density at radius 1 is 1.24 bits per heavy atom. The molecule has 0 radical (unpaired) electrons. The zero-order valence-corrected chi connectivity index (χ0v) is 12.0. The number of amides is 1. The predicted molar refractivity (Wildman–Crippen MR) is 73.5 cm³/mol. The third-order valence-electron chi connectivity index (χ3n) is 3.82. The Bertz CT molecular complexity index is 491. The highest BCUT2D eigenvalue weighted by atomic mass is 19.2. The maximum Gasteiger partial charge on any atom is 0.254 e. The monoisotopic (exact) mass is 300 g/mol. The number of hydrogen-bond donors (Lipinski definition) is 1. The predicted octanol–water partition coefficient (Wildman–Crippen LogP) is 2.57. The van der Waals surface area contributed by atoms with E-state index in [0.29, 0.717) is 19.0 Å². The van der Waals surface area contributed by atoms with E-state index >= 15 is 0 Å². The molecule has 1 saturated heterocycles. The standard InChI is InChI=1S/C15H19F3N2O/c1-2-19-9-10-3-5-20(6-4-10)15(21)11-7-12(16)14(18)13(17)8-11/h7-8,10,19H,2-6,9H2,1H3. The highest BCUT2D eigenvalue weighted by molar-refractivity contribution is 5.94. The summed E-state index contributed by atoms with van der Waals surface area (Å²) in [6.45, 7) is 4.97. The molecule has 1 fully saturated rings. The normalized spacial score (nSPS) is 16.3. The van der Waals surface area contributed by atoms with E-state index in [1.165, 1.54) is 0 Å². The minimum absolute atomic E-state index is 0.142. The second-order valence-electron chi connectivity index (χ2n) is 5.30. The largest absolute Gasteiger partial charge is 0.339 e. The van der Waals surface area contributed by atoms with Crippen molar-refractivity contribution in [2.75, 3.05) is 26.2 Å². The van der Waals surface area contributed by atoms with Gasteiger partial charge in [0.1, 0.15) is 0 Å². The van der Waals surface area contributed by atoms with Gasteiger partial charge < -0.3 is 10.2 Å². The summed E-state index contributed by atoms with van der Waals surface area (Å²) in [5, 5.41) is 3.27. The molecule has 0 bridgehead atoms. The van der Waals surface area contributed by atoms with Crippen LogP contribution in [-0.2, 0) is 0 Å². The molecule has 0 spiro atoms. The number of carbonyl (C=O) groups excluding carboxylic acids is 1. The second kappa shape index (κ2) is 6.93. The molecule has 1 amide bonds. The Morgan fingerprint density at radius 2 is 1.81 bits per heavy atom. The lowest BCUT2D eigenvalue weighted by Gasteiger charge is -2.32. The van der Waals surface area contributed by atoms with Gasteiger partial charge in [-0.1, -0.05) is 6.92 Å². The first kappa shape index (κ1) is 15.8. The average Bonchev–Trinajstić information content (AvgIpc) is 2.50. The first-order valence-electron chi connectivity index (χ1n) is 7.17. The third-order valence-corrected chi connectivity index (χ3v) is 3.82. The minimum atomic E-state index is -1.55. The fraction of sp³-hybridized carbons (Fsp3) is 0.533. The first-order chi connectivity index (χ1) is 10.0. The summed E-state index contributed by atoms with van der Waals surface area (Å²) in [5.74, 6) is -4.15. The van der Waals surface area contributed by atoms with Gasteiger partial charge in [0, 0.05) is 18.7 Å². The van der Waals surface area contributed by atoms with Crippen molar-refractivity contribution in [1.29, 1.82) is 0 Å². The molecule has 1 aromatic rings. The number of nitrogens with one attached hydrogen (secondary N) is 1. The summed E-state index contributed by atoms with van der Waals surface area (Å²) in [7, 11) is 0. The van der Waals surface area contributed by atoms with Gasteiger partial charge in [-0.3, -0.25) is 4.79 Å². The topological polar surface area (TPSA) is 32.3 Å². The van der Waals surface area contributed by atoms with Crippen molar-refractivity contribution in [2.24, 2.45) is 5.92 Å². The molecular formula is C15H19F3N2O. The van der Waals surface area contributed by atoms with Crippen LogP contribution < -0.4 is 5.32 Å². The summed E-state index contributed by atoms with van der Waals surface area (Å²) in [4.78, 5) is 13.8. The van der Waals surface area contributed by atoms with Crippen LogP contribution in [-0.4, -0.2) is 37.0 Å². The zero-order chi connectivity index (χ0) is 15.4. The molecule has 116 valence electrons. The molecule has 2 rings (SSSR count). The summed E-state index contributed by atoms with van der Waals surface area (Å²) < 4.78 is 39.3. The van der Waals surface area contributed by atoms with Crippen LogP contribution in [0.2, 0.25) is 0 Å². The highest BCUT2D eigenvalue weighted by Gasteiger charge is 2.25. The van der Waals surface area contributed by atoms with Crippen LogP contribution in [0.4, 0.5) is 13.2 Å². The number of benzene rings is 1. The van der Waals surface area contributed by atoms with Crippen molar-refractivity contribution in [2.45, 2.75) is 19.8 Å². The van der Waals surface area contributed by atoms with Gasteiger partial charge in [-0.2, -0.15) is 0 Å². The Balaban J connectivity index is 1.99. The molecule has 0 atom stereocenters. The number of carbonyl (C=O) groups is 1. The smallest absolute Gasteiger partial charge is 0.254 e. The lowest BCUT2D eigenvalue weighted by molar-refractivity contribution is 0.0689. The molecule has 0 aliphatic carbocycles. The molecule has 1 heterocycles. The fourth-order valence-electron chi connectivity index (χ4n) is 2.55. The van der Waals surface area contributed by atoms with Gasteiger partial charge >= 0.3 is 0 Å². The van der Waals surface area contributed by atoms with E-state index in [1.54, 1.807) is 4.90 Å². The Labute approximate surface area is 122 Å². The molecule has 21 heavy (non-hydrogen) atoms. The van der Waals surface area contributed by atoms with Crippen molar-refractivity contribution in [3.63, 3.8) is 0 Å². The first-order valence-corrected chi connectivity index (χ1v) is 7.17. The maximum absolute atomic E-state index is 13.2. The molecule has 0 saturated carbocycles. The number of halogens is 3. The number of hydrogen-bond acceptors (Lipinski definition) is 2. The van der Waals surface area contributed by atoms with Crippen LogP contribution in [0.1, 0.15) is 30.1 Å². The van der Waals surface area contributed by atoms with Crippen molar-refractivity contribution in [1.82, 2.24) is 10.2 Å². The number of nitrogens with zero attached hydrogens (tertiary/aromatic N) is 1. The molecule has 1 aliphatic rings. The molecular weight excluding hydrogens is 281 g/mol. The maximum atomic E-state index is 13.2. The van der Waals surface area contributed by atoms with Crippen LogP contribution in [0, 0.1) is 23.4 Å². The van der Waals surface area contributed by atoms with Crippen LogP contribution in [0.15, 0.2) is 12.1 Å². The molecule has 6 heteroatoms. The van der Waals surface area contributed by atoms with Gasteiger partial charge in [0.15, 0.2) is 17.5 Å². The van der Waals surface area contributed by atoms with Crippen molar-refractivity contribution >= 4 is 5.91 Å². The van der Waals surface area contributed by atoms with Gasteiger partial charge in [-0.15, -0.1) is 0 Å². The summed E-state index contributed by atoms with van der Waals surface area (Å²) in [6.07, 6.45) is 1.70. The number of rotatable bonds is 4. The van der Waals surface area contributed by atoms with E-state index in [9.17, 15) is 18.0 Å². The molecule has 1 N–H and O–H groups in total. The summed E-state index contributed by atoms with van der Waals surface area (Å²) in [5.41, 5.74) is -0.142. The lowest BCUT2D eigenvalue weighted by atomic mass is 9.96. The Kier molecular flexibility index (Phi) is 5.22. The SMILES string of the molecule is CCNCC1CCN(C(=O)c2cc(F)c(F)c(F)c2)CC1. The molecule has 1 aromatic carbocycles. The van der Waals surface area contributed by atoms with Crippen LogP contribution in [0.3, 0.4) is 0 Å². The van der Waals surface area contributed by atoms with Crippen LogP contribution in [0.25, 0.3) is 0 Å². The van der Waals surface area contributed by atoms with Gasteiger partial charge in [0.25, 0.3) is 5.91 Å². The van der Waals surface area contributed by atoms with E-state index < -0.39 is 23.4 Å². The van der Waals surface area contributed by atoms with E-state index in [4.69, 9.17) is 0 Å². The lowest BCUT2D eigenvalue weighted by Crippen LogP contribution is -2.40. The van der Waals surface area contributed by atoms with Crippen LogP contribution >= 0.6 is 0 Å². The third kappa shape index (κ3) is 3.75. The molecule has 3 nitrogen and oxygen atoms in total. The second-order valence-corrected chi connectivity index (χ2v) is 5.30. The molecule has 0 aromatic heterocycles. The Hall–Kier alpha value is -1.56. The van der Waals surface area contributed by atoms with Crippen molar-refractivity contribution < 1.29 is 18.0 Å². The van der Waals surface area contributed by atoms with Gasteiger partial charge in [-0.25, -0.2) is 13.2 Å². The van der Waals surface area contributed by atoms with E-state index in [1.807, 2.05) is 6.92 Å². The highest BCUT2D eigenvalue weighted by Crippen LogP contribution is 2.20. The summed E-state index contributed by atoms with van der Waals surface area (Å²) >= 11 is 0. The zero-order valence-electron chi connectivity index (χ0n) is 12.0. The van der Waals surface area contributed by atoms with Gasteiger partial charge in [0.05, 0.1) is 0 Å². The average molecular weight is 300 g/mol. The fourth-order valence-corrected chi connectivity index (χ4v) is 2.55. The van der Waals surface area contributed by atoms with Crippen LogP contribution in [0.5, 0.6) is 0 Å².